The molecule has 0 saturated carbocycles. The molecule has 1 heteroatoms. The predicted octanol–water partition coefficient (Wildman–Crippen LogP) is 0.530. The summed E-state index contributed by atoms with van der Waals surface area (Å²) >= 11 is 2.47. The van der Waals surface area contributed by atoms with Crippen LogP contribution in [0.2, 0.25) is 5.32 Å². The van der Waals surface area contributed by atoms with Crippen LogP contribution in [0.1, 0.15) is 6.42 Å². The van der Waals surface area contributed by atoms with E-state index in [1.54, 1.807) is 0 Å². The second kappa shape index (κ2) is 3.52. The first-order valence-electron chi connectivity index (χ1n) is 1.32. The Balaban J connectivity index is 1.97. The van der Waals surface area contributed by atoms with E-state index < -0.39 is 0 Å². The average Bonchev–Trinajstić information content (AvgIpc) is 1.37. The fourth-order valence-corrected chi connectivity index (χ4v) is 0. The van der Waals surface area contributed by atoms with Crippen LogP contribution < -0.4 is 0 Å². The van der Waals surface area contributed by atoms with Crippen molar-refractivity contribution in [3.63, 3.8) is 0 Å². The first-order valence-corrected chi connectivity index (χ1v) is 2.64. The van der Waals surface area contributed by atoms with Crippen LogP contribution in [0.15, 0.2) is 0 Å². The van der Waals surface area contributed by atoms with Gasteiger partial charge >= 0.3 is 34.7 Å². The van der Waals surface area contributed by atoms with Crippen LogP contribution in [0.5, 0.6) is 0 Å². The van der Waals surface area contributed by atoms with Crippen molar-refractivity contribution < 1.29 is 0 Å². The summed E-state index contributed by atoms with van der Waals surface area (Å²) in [6.07, 6.45) is 1.04. The van der Waals surface area contributed by atoms with E-state index in [-0.39, 0.29) is 0 Å². The van der Waals surface area contributed by atoms with E-state index in [1.807, 2.05) is 0 Å². The average molecular weight is 122 g/mol. The quantitative estimate of drug-likeness (QED) is 0.445. The Bertz CT molecular complexity index is 5.25. The van der Waals surface area contributed by atoms with Crippen molar-refractivity contribution in [3.05, 3.63) is 6.92 Å². The van der Waals surface area contributed by atoms with Crippen LogP contribution in [0, 0.1) is 6.92 Å². The molecule has 0 fully saturated rings. The third kappa shape index (κ3) is 2.52. The molecule has 0 aromatic rings. The molecule has 0 aliphatic rings. The third-order valence-electron chi connectivity index (χ3n) is 0.158. The summed E-state index contributed by atoms with van der Waals surface area (Å²) in [6.45, 7) is 3.59. The number of hydrogen-bond acceptors (Lipinski definition) is 0. The zero-order chi connectivity index (χ0) is 3.41. The van der Waals surface area contributed by atoms with Crippen LogP contribution in [0.25, 0.3) is 0 Å². The van der Waals surface area contributed by atoms with Gasteiger partial charge in [0.05, 0.1) is 0 Å². The maximum atomic E-state index is 3.59. The van der Waals surface area contributed by atoms with Gasteiger partial charge < -0.3 is 0 Å². The molecule has 0 atom stereocenters. The first kappa shape index (κ1) is 4.52. The zero-order valence-corrected chi connectivity index (χ0v) is 4.45. The Labute approximate surface area is 35.4 Å². The molecule has 1 radical (unpaired) electrons. The van der Waals surface area contributed by atoms with E-state index in [1.165, 1.54) is 0 Å². The Morgan fingerprint density at radius 3 is 2.00 bits per heavy atom. The van der Waals surface area contributed by atoms with Gasteiger partial charge in [-0.05, 0) is 0 Å². The third-order valence-corrected chi connectivity index (χ3v) is 0.822. The second-order valence-corrected chi connectivity index (χ2v) is 1.52. The normalized spacial score (nSPS) is 7.50. The molecule has 0 aromatic carbocycles. The summed E-state index contributed by atoms with van der Waals surface area (Å²) in [6, 6.07) is 0. The molecule has 0 aliphatic heterocycles. The fourth-order valence-electron chi connectivity index (χ4n) is 0. The van der Waals surface area contributed by atoms with E-state index >= 15 is 0 Å². The molecular weight excluding hydrogens is 115 g/mol. The molecular formula is C3H7Se. The van der Waals surface area contributed by atoms with E-state index in [0.717, 1.165) is 11.7 Å². The van der Waals surface area contributed by atoms with E-state index in [9.17, 15) is 0 Å². The van der Waals surface area contributed by atoms with Gasteiger partial charge in [-0.3, -0.25) is 0 Å². The molecule has 0 spiro atoms. The summed E-state index contributed by atoms with van der Waals surface area (Å²) < 4.78 is 0. The summed E-state index contributed by atoms with van der Waals surface area (Å²) in [5, 5.41) is 1.15. The molecule has 0 aromatic heterocycles. The van der Waals surface area contributed by atoms with Gasteiger partial charge in [0.1, 0.15) is 0 Å². The molecule has 0 N–H and O–H groups in total. The molecule has 0 unspecified atom stereocenters. The molecule has 0 nitrogen and oxygen atoms in total. The molecule has 0 aliphatic carbocycles. The molecule has 4 heavy (non-hydrogen) atoms. The molecule has 0 bridgehead atoms. The van der Waals surface area contributed by atoms with Gasteiger partial charge in [0, 0.05) is 0 Å². The van der Waals surface area contributed by atoms with Crippen LogP contribution in [0.4, 0.5) is 0 Å². The topological polar surface area (TPSA) is 0 Å². The molecule has 0 amide bonds. The van der Waals surface area contributed by atoms with Gasteiger partial charge in [-0.25, -0.2) is 0 Å². The van der Waals surface area contributed by atoms with E-state index in [2.05, 4.69) is 22.9 Å². The predicted molar refractivity (Wildman–Crippen MR) is 21.9 cm³/mol. The fraction of sp³-hybridized carbons (Fsp3) is 0.667. The standard InChI is InChI=1S/C3H7Se/c1-2-3-4/h4H,1-3H2. The van der Waals surface area contributed by atoms with Gasteiger partial charge in [-0.1, -0.05) is 0 Å². The summed E-state index contributed by atoms with van der Waals surface area (Å²) in [5.41, 5.74) is 0. The number of hydrogen-bond donors (Lipinski definition) is 0. The first-order chi connectivity index (χ1) is 1.91. The van der Waals surface area contributed by atoms with E-state index in [0.29, 0.717) is 0 Å². The van der Waals surface area contributed by atoms with Crippen LogP contribution in [0.3, 0.4) is 0 Å². The van der Waals surface area contributed by atoms with Gasteiger partial charge in [0.15, 0.2) is 0 Å². The Morgan fingerprint density at radius 1 is 1.75 bits per heavy atom. The van der Waals surface area contributed by atoms with Crippen LogP contribution >= 0.6 is 0 Å². The van der Waals surface area contributed by atoms with Crippen LogP contribution in [-0.4, -0.2) is 16.0 Å². The van der Waals surface area contributed by atoms with Crippen molar-refractivity contribution in [2.45, 2.75) is 11.7 Å². The van der Waals surface area contributed by atoms with Crippen molar-refractivity contribution >= 4 is 16.0 Å². The minimum atomic E-state index is 1.04. The molecule has 0 rings (SSSR count). The van der Waals surface area contributed by atoms with E-state index in [4.69, 9.17) is 0 Å². The molecule has 0 saturated heterocycles. The van der Waals surface area contributed by atoms with Crippen molar-refractivity contribution in [1.82, 2.24) is 0 Å². The van der Waals surface area contributed by atoms with Crippen LogP contribution in [-0.2, 0) is 0 Å². The SMILES string of the molecule is [CH2]CC[SeH]. The van der Waals surface area contributed by atoms with Gasteiger partial charge in [0.25, 0.3) is 0 Å². The molecule has 0 heterocycles. The van der Waals surface area contributed by atoms with Crippen molar-refractivity contribution in [3.8, 4) is 0 Å². The Kier molecular flexibility index (Phi) is 3.98. The minimum absolute atomic E-state index is 1.04. The maximum absolute atomic E-state index is 3.59. The Hall–Kier alpha value is 0.519. The number of rotatable bonds is 1. The summed E-state index contributed by atoms with van der Waals surface area (Å²) in [7, 11) is 0. The van der Waals surface area contributed by atoms with Crippen molar-refractivity contribution in [2.24, 2.45) is 0 Å². The summed E-state index contributed by atoms with van der Waals surface area (Å²) in [4.78, 5) is 0. The Morgan fingerprint density at radius 2 is 2.00 bits per heavy atom. The molecule has 25 valence electrons. The zero-order valence-electron chi connectivity index (χ0n) is 2.57. The second-order valence-electron chi connectivity index (χ2n) is 0.577. The monoisotopic (exact) mass is 123 g/mol. The summed E-state index contributed by atoms with van der Waals surface area (Å²) in [5.74, 6) is 0. The van der Waals surface area contributed by atoms with Crippen molar-refractivity contribution in [2.75, 3.05) is 0 Å². The van der Waals surface area contributed by atoms with Crippen molar-refractivity contribution in [1.29, 1.82) is 0 Å². The van der Waals surface area contributed by atoms with Gasteiger partial charge in [-0.15, -0.1) is 0 Å². The van der Waals surface area contributed by atoms with Gasteiger partial charge in [-0.2, -0.15) is 0 Å². The van der Waals surface area contributed by atoms with Gasteiger partial charge in [0.2, 0.25) is 0 Å².